The number of fused-ring (bicyclic) bond motifs is 1. The fourth-order valence-electron chi connectivity index (χ4n) is 3.88. The number of amides is 1. The van der Waals surface area contributed by atoms with Crippen LogP contribution >= 0.6 is 23.2 Å². The van der Waals surface area contributed by atoms with Gasteiger partial charge in [-0.25, -0.2) is 0 Å². The largest absolute Gasteiger partial charge is 1.00 e. The summed E-state index contributed by atoms with van der Waals surface area (Å²) in [6.07, 6.45) is 0.271. The van der Waals surface area contributed by atoms with Gasteiger partial charge in [-0.05, 0) is 47.7 Å². The van der Waals surface area contributed by atoms with Crippen LogP contribution in [0.25, 0.3) is 10.8 Å². The smallest absolute Gasteiger partial charge is 0.870 e. The minimum absolute atomic E-state index is 0. The normalized spacial score (nSPS) is 11.4. The molecule has 4 aromatic rings. The van der Waals surface area contributed by atoms with Crippen LogP contribution in [0.5, 0.6) is 11.5 Å². The maximum absolute atomic E-state index is 13.5. The fourth-order valence-corrected chi connectivity index (χ4v) is 4.98. The number of nitrogens with one attached hydrogen (secondary N) is 1. The van der Waals surface area contributed by atoms with Gasteiger partial charge in [0.1, 0.15) is 16.3 Å². The number of methoxy groups -OCH3 is 1. The van der Waals surface area contributed by atoms with Crippen LogP contribution in [0.15, 0.2) is 75.8 Å². The fraction of sp³-hybridized carbons (Fsp3) is 0.115. The zero-order chi connectivity index (χ0) is 27.6. The summed E-state index contributed by atoms with van der Waals surface area (Å²) < 4.78 is 39.0. The molecule has 0 spiro atoms. The predicted octanol–water partition coefficient (Wildman–Crippen LogP) is 3.71. The van der Waals surface area contributed by atoms with E-state index in [4.69, 9.17) is 27.9 Å². The van der Waals surface area contributed by atoms with Crippen molar-refractivity contribution in [1.29, 1.82) is 0 Å². The molecule has 2 N–H and O–H groups in total. The van der Waals surface area contributed by atoms with Crippen molar-refractivity contribution in [3.63, 3.8) is 0 Å². The predicted molar refractivity (Wildman–Crippen MR) is 144 cm³/mol. The van der Waals surface area contributed by atoms with E-state index in [1.807, 2.05) is 0 Å². The van der Waals surface area contributed by atoms with Gasteiger partial charge in [0.05, 0.1) is 18.5 Å². The molecule has 0 saturated carbocycles. The molecule has 0 fully saturated rings. The summed E-state index contributed by atoms with van der Waals surface area (Å²) in [6, 6.07) is 15.2. The number of halogens is 2. The van der Waals surface area contributed by atoms with E-state index in [0.717, 1.165) is 6.07 Å². The van der Waals surface area contributed by atoms with Gasteiger partial charge in [0.2, 0.25) is 0 Å². The van der Waals surface area contributed by atoms with E-state index in [1.165, 1.54) is 31.4 Å². The Morgan fingerprint density at radius 2 is 1.74 bits per heavy atom. The molecule has 4 aromatic carbocycles. The number of benzene rings is 4. The molecule has 0 atom stereocenters. The van der Waals surface area contributed by atoms with Crippen LogP contribution in [0.4, 0.5) is 17.1 Å². The monoisotopic (exact) mass is 595 g/mol. The third kappa shape index (κ3) is 6.55. The Labute approximate surface area is 256 Å². The van der Waals surface area contributed by atoms with E-state index in [1.54, 1.807) is 37.3 Å². The van der Waals surface area contributed by atoms with Gasteiger partial charge >= 0.3 is 29.6 Å². The van der Waals surface area contributed by atoms with Gasteiger partial charge in [-0.1, -0.05) is 60.1 Å². The number of carbonyl (C=O) groups excluding carboxylic acids is 1. The molecule has 0 unspecified atom stereocenters. The quantitative estimate of drug-likeness (QED) is 0.189. The van der Waals surface area contributed by atoms with Crippen LogP contribution in [0.1, 0.15) is 22.8 Å². The first-order valence-electron chi connectivity index (χ1n) is 11.1. The molecule has 13 heteroatoms. The number of azo groups is 1. The third-order valence-electron chi connectivity index (χ3n) is 5.70. The van der Waals surface area contributed by atoms with Gasteiger partial charge in [0.15, 0.2) is 0 Å². The Morgan fingerprint density at radius 3 is 2.41 bits per heavy atom. The molecule has 0 aromatic heterocycles. The van der Waals surface area contributed by atoms with Gasteiger partial charge in [-0.15, -0.1) is 5.11 Å². The molecule has 1 amide bonds. The molecule has 39 heavy (non-hydrogen) atoms. The standard InChI is InChI=1S/C26H21Cl2N3O6S.Na/c1-3-16-19(28)9-11-22(38(34,35)36)23(16)30-31-24-17-7-5-4-6-14(17)12-18(25(24)32)26(33)29-20-10-8-15(27)13-21(20)37-2;/h4-13,32H,3H2,1-2H3,(H,29,33)(H,34,35,36);/q;+1/p-1. The molecule has 4 rings (SSSR count). The molecular formula is C26H20Cl2N3NaO6S. The van der Waals surface area contributed by atoms with E-state index >= 15 is 0 Å². The molecule has 0 aliphatic heterocycles. The van der Waals surface area contributed by atoms with Crippen molar-refractivity contribution < 1.29 is 57.2 Å². The van der Waals surface area contributed by atoms with Crippen LogP contribution in [0, 0.1) is 0 Å². The first-order chi connectivity index (χ1) is 18.0. The van der Waals surface area contributed by atoms with Gasteiger partial charge in [-0.2, -0.15) is 13.5 Å². The minimum atomic E-state index is -4.68. The number of hydrogen-bond donors (Lipinski definition) is 2. The molecule has 0 radical (unpaired) electrons. The van der Waals surface area contributed by atoms with E-state index in [2.05, 4.69) is 15.5 Å². The molecule has 9 nitrogen and oxygen atoms in total. The summed E-state index contributed by atoms with van der Waals surface area (Å²) in [4.78, 5) is 12.7. The first kappa shape index (κ1) is 30.8. The first-order valence-corrected chi connectivity index (χ1v) is 13.3. The van der Waals surface area contributed by atoms with Crippen LogP contribution in [-0.2, 0) is 16.5 Å². The second-order valence-corrected chi connectivity index (χ2v) is 10.3. The van der Waals surface area contributed by atoms with Crippen molar-refractivity contribution in [3.05, 3.63) is 81.8 Å². The van der Waals surface area contributed by atoms with E-state index in [-0.39, 0.29) is 57.9 Å². The zero-order valence-electron chi connectivity index (χ0n) is 21.0. The maximum Gasteiger partial charge on any atom is 1.00 e. The van der Waals surface area contributed by atoms with Crippen LogP contribution in [0.3, 0.4) is 0 Å². The third-order valence-corrected chi connectivity index (χ3v) is 7.18. The summed E-state index contributed by atoms with van der Waals surface area (Å²) >= 11 is 12.2. The summed E-state index contributed by atoms with van der Waals surface area (Å²) in [6.45, 7) is 1.72. The van der Waals surface area contributed by atoms with E-state index in [0.29, 0.717) is 32.8 Å². The molecule has 0 bridgehead atoms. The topological polar surface area (TPSA) is 140 Å². The number of carbonyl (C=O) groups is 1. The SMILES string of the molecule is CCc1c(Cl)ccc(S(=O)(=O)O)c1N=Nc1c([O-])c(C(=O)Nc2ccc(Cl)cc2OC)cc2ccccc12.[Na+]. The van der Waals surface area contributed by atoms with Crippen molar-refractivity contribution in [2.75, 3.05) is 12.4 Å². The molecule has 0 aliphatic rings. The number of rotatable bonds is 7. The maximum atomic E-state index is 13.5. The molecular weight excluding hydrogens is 576 g/mol. The Kier molecular flexibility index (Phi) is 10.0. The van der Waals surface area contributed by atoms with E-state index < -0.39 is 26.7 Å². The van der Waals surface area contributed by atoms with Crippen molar-refractivity contribution in [3.8, 4) is 11.5 Å². The Balaban J connectivity index is 0.00000420. The average molecular weight is 596 g/mol. The van der Waals surface area contributed by atoms with Crippen molar-refractivity contribution in [2.24, 2.45) is 10.2 Å². The van der Waals surface area contributed by atoms with Crippen molar-refractivity contribution >= 4 is 67.1 Å². The van der Waals surface area contributed by atoms with Gasteiger partial charge < -0.3 is 15.2 Å². The van der Waals surface area contributed by atoms with Gasteiger partial charge in [-0.3, -0.25) is 9.35 Å². The molecule has 0 heterocycles. The number of hydrogen-bond acceptors (Lipinski definition) is 7. The summed E-state index contributed by atoms with van der Waals surface area (Å²) in [5.41, 5.74) is -0.0224. The minimum Gasteiger partial charge on any atom is -0.870 e. The molecule has 0 aliphatic carbocycles. The van der Waals surface area contributed by atoms with Crippen LogP contribution in [0.2, 0.25) is 10.0 Å². The van der Waals surface area contributed by atoms with Crippen molar-refractivity contribution in [2.45, 2.75) is 18.2 Å². The second kappa shape index (κ2) is 12.6. The van der Waals surface area contributed by atoms with Gasteiger partial charge in [0, 0.05) is 27.1 Å². The average Bonchev–Trinajstić information content (AvgIpc) is 2.88. The summed E-state index contributed by atoms with van der Waals surface area (Å²) in [5, 5.41) is 25.8. The summed E-state index contributed by atoms with van der Waals surface area (Å²) in [5.74, 6) is -1.18. The van der Waals surface area contributed by atoms with Crippen LogP contribution < -0.4 is 44.7 Å². The molecule has 0 saturated heterocycles. The molecule has 196 valence electrons. The van der Waals surface area contributed by atoms with Gasteiger partial charge in [0.25, 0.3) is 16.0 Å². The Bertz CT molecular complexity index is 1710. The second-order valence-electron chi connectivity index (χ2n) is 8.02. The van der Waals surface area contributed by atoms with Crippen molar-refractivity contribution in [1.82, 2.24) is 0 Å². The zero-order valence-corrected chi connectivity index (χ0v) is 25.4. The summed E-state index contributed by atoms with van der Waals surface area (Å²) in [7, 11) is -3.27. The Morgan fingerprint density at radius 1 is 1.05 bits per heavy atom. The number of ether oxygens (including phenoxy) is 1. The van der Waals surface area contributed by atoms with E-state index in [9.17, 15) is 22.9 Å². The number of nitrogens with zero attached hydrogens (tertiary/aromatic N) is 2. The number of anilines is 1. The van der Waals surface area contributed by atoms with Crippen LogP contribution in [-0.4, -0.2) is 26.0 Å². The Hall–Kier alpha value is -2.70.